The first-order valence-electron chi connectivity index (χ1n) is 8.20. The van der Waals surface area contributed by atoms with Crippen LogP contribution in [0.5, 0.6) is 0 Å². The number of piperidine rings is 1. The molecule has 0 aliphatic carbocycles. The van der Waals surface area contributed by atoms with E-state index in [1.54, 1.807) is 0 Å². The van der Waals surface area contributed by atoms with E-state index < -0.39 is 0 Å². The van der Waals surface area contributed by atoms with Crippen LogP contribution in [0, 0.1) is 5.41 Å². The molecular formula is C16H33N3S. The van der Waals surface area contributed by atoms with Gasteiger partial charge in [-0.1, -0.05) is 33.6 Å². The lowest BCUT2D eigenvalue weighted by molar-refractivity contribution is 0.00730. The van der Waals surface area contributed by atoms with Crippen LogP contribution in [0.3, 0.4) is 0 Å². The summed E-state index contributed by atoms with van der Waals surface area (Å²) in [6, 6.07) is 2.19. The Morgan fingerprint density at radius 2 is 1.45 bits per heavy atom. The Morgan fingerprint density at radius 1 is 0.950 bits per heavy atom. The Hall–Kier alpha value is 0.230. The van der Waals surface area contributed by atoms with Crippen LogP contribution in [-0.4, -0.2) is 65.0 Å². The van der Waals surface area contributed by atoms with Crippen molar-refractivity contribution in [2.75, 3.05) is 32.7 Å². The Labute approximate surface area is 131 Å². The molecule has 0 aromatic heterocycles. The third-order valence-corrected chi connectivity index (χ3v) is 5.22. The predicted octanol–water partition coefficient (Wildman–Crippen LogP) is 2.74. The van der Waals surface area contributed by atoms with Crippen LogP contribution in [0.2, 0.25) is 0 Å². The standard InChI is InChI=1S/C16H33N3S/c1-13-10-15(17-6-8-18(20)9-7-17)11-14(2)19(13)12-16(3,4)5/h13-15,20H,6-12H2,1-5H3/t13-,14-/m1/s1. The number of likely N-dealkylation sites (tertiary alicyclic amines) is 1. The average molecular weight is 300 g/mol. The van der Waals surface area contributed by atoms with E-state index in [1.165, 1.54) is 32.5 Å². The molecule has 0 aromatic carbocycles. The van der Waals surface area contributed by atoms with Gasteiger partial charge in [-0.05, 0) is 32.1 Å². The van der Waals surface area contributed by atoms with Crippen LogP contribution in [0.15, 0.2) is 0 Å². The van der Waals surface area contributed by atoms with E-state index >= 15 is 0 Å². The van der Waals surface area contributed by atoms with Crippen molar-refractivity contribution in [2.45, 2.75) is 65.6 Å². The molecule has 2 fully saturated rings. The van der Waals surface area contributed by atoms with Gasteiger partial charge < -0.3 is 0 Å². The number of nitrogens with zero attached hydrogens (tertiary/aromatic N) is 3. The zero-order valence-corrected chi connectivity index (χ0v) is 14.9. The normalized spacial score (nSPS) is 35.4. The Morgan fingerprint density at radius 3 is 1.90 bits per heavy atom. The maximum absolute atomic E-state index is 4.46. The summed E-state index contributed by atoms with van der Waals surface area (Å²) in [6.45, 7) is 17.7. The molecule has 2 atom stereocenters. The number of hydrogen-bond donors (Lipinski definition) is 1. The molecule has 20 heavy (non-hydrogen) atoms. The van der Waals surface area contributed by atoms with Gasteiger partial charge in [0.2, 0.25) is 0 Å². The van der Waals surface area contributed by atoms with Crippen LogP contribution >= 0.6 is 12.8 Å². The SMILES string of the molecule is C[C@@H]1CC(N2CCN(S)CC2)C[C@@H](C)N1CC(C)(C)C. The lowest BCUT2D eigenvalue weighted by atomic mass is 9.87. The molecule has 3 nitrogen and oxygen atoms in total. The van der Waals surface area contributed by atoms with Crippen LogP contribution < -0.4 is 0 Å². The van der Waals surface area contributed by atoms with Crippen molar-refractivity contribution in [2.24, 2.45) is 5.41 Å². The molecule has 2 rings (SSSR count). The molecule has 0 N–H and O–H groups in total. The van der Waals surface area contributed by atoms with Gasteiger partial charge in [0.25, 0.3) is 0 Å². The van der Waals surface area contributed by atoms with Gasteiger partial charge in [0, 0.05) is 50.8 Å². The second-order valence-electron chi connectivity index (χ2n) is 8.05. The number of thiol groups is 1. The highest BCUT2D eigenvalue weighted by Gasteiger charge is 2.35. The predicted molar refractivity (Wildman–Crippen MR) is 90.2 cm³/mol. The summed E-state index contributed by atoms with van der Waals surface area (Å²) in [5, 5.41) is 0. The highest BCUT2D eigenvalue weighted by Crippen LogP contribution is 2.30. The van der Waals surface area contributed by atoms with Crippen LogP contribution in [0.4, 0.5) is 0 Å². The summed E-state index contributed by atoms with van der Waals surface area (Å²) in [6.07, 6.45) is 2.65. The highest BCUT2D eigenvalue weighted by molar-refractivity contribution is 7.77. The topological polar surface area (TPSA) is 9.72 Å². The molecule has 4 heteroatoms. The molecule has 2 saturated heterocycles. The molecular weight excluding hydrogens is 266 g/mol. The van der Waals surface area contributed by atoms with Crippen LogP contribution in [-0.2, 0) is 0 Å². The van der Waals surface area contributed by atoms with Crippen molar-refractivity contribution in [1.29, 1.82) is 0 Å². The first-order valence-corrected chi connectivity index (χ1v) is 8.60. The van der Waals surface area contributed by atoms with Crippen molar-refractivity contribution >= 4 is 12.8 Å². The van der Waals surface area contributed by atoms with Gasteiger partial charge in [0.1, 0.15) is 0 Å². The molecule has 118 valence electrons. The molecule has 2 aliphatic rings. The number of rotatable bonds is 2. The Kier molecular flexibility index (Phi) is 5.44. The Bertz CT molecular complexity index is 295. The molecule has 2 aliphatic heterocycles. The maximum atomic E-state index is 4.46. The maximum Gasteiger partial charge on any atom is 0.0216 e. The van der Waals surface area contributed by atoms with Gasteiger partial charge in [0.05, 0.1) is 0 Å². The smallest absolute Gasteiger partial charge is 0.0216 e. The van der Waals surface area contributed by atoms with E-state index in [2.05, 4.69) is 61.5 Å². The molecule has 0 bridgehead atoms. The average Bonchev–Trinajstić information content (AvgIpc) is 2.33. The number of hydrogen-bond acceptors (Lipinski definition) is 4. The van der Waals surface area contributed by atoms with Gasteiger partial charge in [-0.2, -0.15) is 0 Å². The van der Waals surface area contributed by atoms with Gasteiger partial charge >= 0.3 is 0 Å². The van der Waals surface area contributed by atoms with E-state index in [0.29, 0.717) is 17.5 Å². The van der Waals surface area contributed by atoms with Crippen molar-refractivity contribution < 1.29 is 0 Å². The fourth-order valence-corrected chi connectivity index (χ4v) is 4.00. The Balaban J connectivity index is 1.92. The fourth-order valence-electron chi connectivity index (χ4n) is 3.82. The third kappa shape index (κ3) is 4.36. The van der Waals surface area contributed by atoms with E-state index in [1.807, 2.05) is 0 Å². The molecule has 0 unspecified atom stereocenters. The van der Waals surface area contributed by atoms with Crippen molar-refractivity contribution in [3.8, 4) is 0 Å². The van der Waals surface area contributed by atoms with Gasteiger partial charge in [-0.25, -0.2) is 0 Å². The summed E-state index contributed by atoms with van der Waals surface area (Å²) in [5.74, 6) is 0. The largest absolute Gasteiger partial charge is 0.298 e. The van der Waals surface area contributed by atoms with Gasteiger partial charge in [0.15, 0.2) is 0 Å². The first-order chi connectivity index (χ1) is 9.26. The van der Waals surface area contributed by atoms with Crippen molar-refractivity contribution in [3.63, 3.8) is 0 Å². The summed E-state index contributed by atoms with van der Waals surface area (Å²) >= 11 is 4.46. The zero-order valence-electron chi connectivity index (χ0n) is 14.0. The van der Waals surface area contributed by atoms with E-state index in [0.717, 1.165) is 19.1 Å². The zero-order chi connectivity index (χ0) is 14.9. The summed E-state index contributed by atoms with van der Waals surface area (Å²) in [5.41, 5.74) is 0.396. The van der Waals surface area contributed by atoms with Gasteiger partial charge in [-0.3, -0.25) is 14.1 Å². The van der Waals surface area contributed by atoms with E-state index in [9.17, 15) is 0 Å². The van der Waals surface area contributed by atoms with E-state index in [-0.39, 0.29) is 0 Å². The lowest BCUT2D eigenvalue weighted by Crippen LogP contribution is -2.57. The molecule has 0 aromatic rings. The minimum atomic E-state index is 0.396. The second kappa shape index (κ2) is 6.55. The summed E-state index contributed by atoms with van der Waals surface area (Å²) in [7, 11) is 0. The quantitative estimate of drug-likeness (QED) is 0.786. The fraction of sp³-hybridized carbons (Fsp3) is 1.00. The third-order valence-electron chi connectivity index (χ3n) is 4.82. The minimum Gasteiger partial charge on any atom is -0.298 e. The molecule has 0 spiro atoms. The molecule has 2 heterocycles. The lowest BCUT2D eigenvalue weighted by Gasteiger charge is -2.49. The first kappa shape index (κ1) is 16.6. The number of piperazine rings is 1. The molecule has 0 radical (unpaired) electrons. The van der Waals surface area contributed by atoms with Crippen LogP contribution in [0.25, 0.3) is 0 Å². The molecule has 0 amide bonds. The highest BCUT2D eigenvalue weighted by atomic mass is 32.1. The van der Waals surface area contributed by atoms with Crippen molar-refractivity contribution in [3.05, 3.63) is 0 Å². The van der Waals surface area contributed by atoms with Crippen molar-refractivity contribution in [1.82, 2.24) is 14.1 Å². The second-order valence-corrected chi connectivity index (χ2v) is 8.61. The summed E-state index contributed by atoms with van der Waals surface area (Å²) in [4.78, 5) is 5.43. The van der Waals surface area contributed by atoms with E-state index in [4.69, 9.17) is 0 Å². The monoisotopic (exact) mass is 299 g/mol. The minimum absolute atomic E-state index is 0.396. The van der Waals surface area contributed by atoms with Crippen LogP contribution in [0.1, 0.15) is 47.5 Å². The summed E-state index contributed by atoms with van der Waals surface area (Å²) < 4.78 is 2.15. The van der Waals surface area contributed by atoms with Gasteiger partial charge in [-0.15, -0.1) is 0 Å². The molecule has 0 saturated carbocycles.